The van der Waals surface area contributed by atoms with Gasteiger partial charge in [0.25, 0.3) is 0 Å². The maximum Gasteiger partial charge on any atom is 0.472 e. The summed E-state index contributed by atoms with van der Waals surface area (Å²) in [5, 5.41) is 0. The van der Waals surface area contributed by atoms with E-state index in [1.165, 1.54) is 20.0 Å². The summed E-state index contributed by atoms with van der Waals surface area (Å²) in [5.74, 6) is -0.355. The Bertz CT molecular complexity index is 534. The summed E-state index contributed by atoms with van der Waals surface area (Å²) in [7, 11) is 3.11. The lowest BCUT2D eigenvalue weighted by molar-refractivity contribution is -0.870. The van der Waals surface area contributed by atoms with Gasteiger partial charge in [0, 0.05) is 13.5 Å². The lowest BCUT2D eigenvalue weighted by Gasteiger charge is -2.24. The Kier molecular flexibility index (Phi) is 17.3. The zero-order valence-corrected chi connectivity index (χ0v) is 21.1. The van der Waals surface area contributed by atoms with Crippen molar-refractivity contribution in [2.24, 2.45) is 0 Å². The minimum absolute atomic E-state index is 0.0795. The Balaban J connectivity index is 4.03. The molecule has 0 aliphatic heterocycles. The maximum atomic E-state index is 12.1. The van der Waals surface area contributed by atoms with Gasteiger partial charge in [-0.25, -0.2) is 4.57 Å². The zero-order chi connectivity index (χ0) is 23.6. The van der Waals surface area contributed by atoms with E-state index in [4.69, 9.17) is 18.5 Å². The topological polar surface area (TPSA) is 91.3 Å². The first-order valence-corrected chi connectivity index (χ1v) is 12.8. The van der Waals surface area contributed by atoms with Crippen molar-refractivity contribution in [3.8, 4) is 0 Å². The number of phosphoric acid groups is 1. The van der Waals surface area contributed by atoms with Crippen molar-refractivity contribution < 1.29 is 37.3 Å². The molecule has 1 unspecified atom stereocenters. The second-order valence-corrected chi connectivity index (χ2v) is 10.2. The van der Waals surface area contributed by atoms with Crippen LogP contribution in [0.3, 0.4) is 0 Å². The van der Waals surface area contributed by atoms with Gasteiger partial charge in [-0.2, -0.15) is 0 Å². The van der Waals surface area contributed by atoms with E-state index in [0.29, 0.717) is 17.4 Å². The molecule has 0 aromatic rings. The van der Waals surface area contributed by atoms with Crippen LogP contribution in [0.4, 0.5) is 0 Å². The van der Waals surface area contributed by atoms with Crippen LogP contribution in [-0.4, -0.2) is 76.1 Å². The Morgan fingerprint density at radius 2 is 1.65 bits per heavy atom. The van der Waals surface area contributed by atoms with Crippen LogP contribution in [-0.2, 0) is 27.9 Å². The Labute approximate surface area is 189 Å². The third-order valence-electron chi connectivity index (χ3n) is 4.46. The highest BCUT2D eigenvalue weighted by Gasteiger charge is 2.26. The summed E-state index contributed by atoms with van der Waals surface area (Å²) < 4.78 is 32.9. The molecule has 0 spiro atoms. The van der Waals surface area contributed by atoms with Crippen molar-refractivity contribution >= 4 is 13.8 Å². The summed E-state index contributed by atoms with van der Waals surface area (Å²) in [5.41, 5.74) is 0. The molecule has 8 nitrogen and oxygen atoms in total. The number of unbranched alkanes of at least 4 members (excludes halogenated alkanes) is 6. The van der Waals surface area contributed by atoms with Crippen LogP contribution in [0.25, 0.3) is 0 Å². The van der Waals surface area contributed by atoms with Gasteiger partial charge in [-0.3, -0.25) is 13.8 Å². The SMILES string of the molecule is CCC/C=C/CCCCCCCC(=O)O[C@@H](COC)COP(=O)(O)OCC[N+](C)(C)C. The van der Waals surface area contributed by atoms with Crippen LogP contribution in [0.15, 0.2) is 12.2 Å². The molecule has 2 atom stereocenters. The van der Waals surface area contributed by atoms with E-state index in [-0.39, 0.29) is 25.8 Å². The average Bonchev–Trinajstić information content (AvgIpc) is 2.66. The first-order chi connectivity index (χ1) is 14.6. The molecular formula is C22H45NO7P+. The summed E-state index contributed by atoms with van der Waals surface area (Å²) in [4.78, 5) is 21.8. The normalized spacial score (nSPS) is 15.2. The number of nitrogens with zero attached hydrogens (tertiary/aromatic N) is 1. The molecule has 0 aromatic carbocycles. The zero-order valence-electron chi connectivity index (χ0n) is 20.2. The van der Waals surface area contributed by atoms with Gasteiger partial charge in [-0.05, 0) is 25.7 Å². The number of carbonyl (C=O) groups is 1. The third-order valence-corrected chi connectivity index (χ3v) is 5.45. The quantitative estimate of drug-likeness (QED) is 0.0930. The first-order valence-electron chi connectivity index (χ1n) is 11.4. The Morgan fingerprint density at radius 1 is 1.00 bits per heavy atom. The highest BCUT2D eigenvalue weighted by atomic mass is 31.2. The number of phosphoric ester groups is 1. The van der Waals surface area contributed by atoms with Crippen LogP contribution >= 0.6 is 7.82 Å². The summed E-state index contributed by atoms with van der Waals surface area (Å²) in [6.07, 6.45) is 12.7. The average molecular weight is 467 g/mol. The van der Waals surface area contributed by atoms with Crippen molar-refractivity contribution in [2.75, 3.05) is 54.6 Å². The number of quaternary nitrogens is 1. The number of ether oxygens (including phenoxy) is 2. The van der Waals surface area contributed by atoms with E-state index in [2.05, 4.69) is 19.1 Å². The van der Waals surface area contributed by atoms with Crippen LogP contribution in [0.2, 0.25) is 0 Å². The molecule has 0 radical (unpaired) electrons. The highest BCUT2D eigenvalue weighted by Crippen LogP contribution is 2.43. The lowest BCUT2D eigenvalue weighted by atomic mass is 10.1. The standard InChI is InChI=1S/C22H44NO7P/c1-6-7-8-9-10-11-12-13-14-15-16-22(24)30-21(19-27-5)20-29-31(25,26)28-18-17-23(2,3)4/h8-9,21H,6-7,10-20H2,1-5H3/p+1/b9-8+/t21-/m0/s1. The number of hydrogen-bond donors (Lipinski definition) is 1. The van der Waals surface area contributed by atoms with E-state index >= 15 is 0 Å². The van der Waals surface area contributed by atoms with Gasteiger partial charge in [-0.15, -0.1) is 0 Å². The van der Waals surface area contributed by atoms with Crippen LogP contribution in [0, 0.1) is 0 Å². The molecule has 184 valence electrons. The van der Waals surface area contributed by atoms with Gasteiger partial charge in [0.2, 0.25) is 0 Å². The lowest BCUT2D eigenvalue weighted by Crippen LogP contribution is -2.37. The number of hydrogen-bond acceptors (Lipinski definition) is 6. The van der Waals surface area contributed by atoms with Crippen molar-refractivity contribution in [1.29, 1.82) is 0 Å². The maximum absolute atomic E-state index is 12.1. The molecule has 9 heteroatoms. The molecule has 31 heavy (non-hydrogen) atoms. The highest BCUT2D eigenvalue weighted by molar-refractivity contribution is 7.47. The van der Waals surface area contributed by atoms with E-state index in [1.807, 2.05) is 21.1 Å². The minimum atomic E-state index is -4.21. The van der Waals surface area contributed by atoms with Crippen LogP contribution < -0.4 is 0 Å². The van der Waals surface area contributed by atoms with Crippen LogP contribution in [0.5, 0.6) is 0 Å². The van der Waals surface area contributed by atoms with Gasteiger partial charge in [0.1, 0.15) is 19.3 Å². The smallest absolute Gasteiger partial charge is 0.457 e. The van der Waals surface area contributed by atoms with Gasteiger partial charge < -0.3 is 18.9 Å². The molecule has 1 N–H and O–H groups in total. The Morgan fingerprint density at radius 3 is 2.29 bits per heavy atom. The van der Waals surface area contributed by atoms with Crippen molar-refractivity contribution in [2.45, 2.75) is 70.8 Å². The van der Waals surface area contributed by atoms with Crippen LogP contribution in [0.1, 0.15) is 64.7 Å². The third kappa shape index (κ3) is 20.9. The Hall–Kier alpha value is -0.760. The number of carbonyl (C=O) groups excluding carboxylic acids is 1. The second-order valence-electron chi connectivity index (χ2n) is 8.75. The van der Waals surface area contributed by atoms with Gasteiger partial charge in [0.15, 0.2) is 0 Å². The fourth-order valence-corrected chi connectivity index (χ4v) is 3.40. The molecule has 0 bridgehead atoms. The minimum Gasteiger partial charge on any atom is -0.457 e. The molecule has 0 aliphatic carbocycles. The fraction of sp³-hybridized carbons (Fsp3) is 0.864. The predicted molar refractivity (Wildman–Crippen MR) is 123 cm³/mol. The summed E-state index contributed by atoms with van der Waals surface area (Å²) in [6.45, 7) is 2.63. The largest absolute Gasteiger partial charge is 0.472 e. The molecule has 0 aliphatic rings. The molecule has 0 fully saturated rings. The molecule has 0 heterocycles. The molecular weight excluding hydrogens is 421 g/mol. The number of likely N-dealkylation sites (N-methyl/N-ethyl adjacent to an activating group) is 1. The van der Waals surface area contributed by atoms with Crippen molar-refractivity contribution in [3.05, 3.63) is 12.2 Å². The van der Waals surface area contributed by atoms with Crippen molar-refractivity contribution in [3.63, 3.8) is 0 Å². The monoisotopic (exact) mass is 466 g/mol. The van der Waals surface area contributed by atoms with Crippen molar-refractivity contribution in [1.82, 2.24) is 0 Å². The molecule has 0 aromatic heterocycles. The van der Waals surface area contributed by atoms with E-state index in [9.17, 15) is 14.3 Å². The fourth-order valence-electron chi connectivity index (χ4n) is 2.66. The molecule has 0 saturated heterocycles. The number of allylic oxidation sites excluding steroid dienone is 2. The van der Waals surface area contributed by atoms with E-state index in [1.54, 1.807) is 0 Å². The summed E-state index contributed by atoms with van der Waals surface area (Å²) >= 11 is 0. The molecule has 0 rings (SSSR count). The second kappa shape index (κ2) is 17.8. The van der Waals surface area contributed by atoms with E-state index < -0.39 is 13.9 Å². The predicted octanol–water partition coefficient (Wildman–Crippen LogP) is 4.47. The molecule has 0 amide bonds. The molecule has 0 saturated carbocycles. The number of esters is 1. The van der Waals surface area contributed by atoms with Gasteiger partial charge in [0.05, 0.1) is 34.4 Å². The van der Waals surface area contributed by atoms with Gasteiger partial charge >= 0.3 is 13.8 Å². The number of methoxy groups -OCH3 is 1. The first kappa shape index (κ1) is 30.2. The number of rotatable bonds is 20. The van der Waals surface area contributed by atoms with E-state index in [0.717, 1.165) is 38.5 Å². The van der Waals surface area contributed by atoms with Gasteiger partial charge in [-0.1, -0.05) is 44.8 Å². The summed E-state index contributed by atoms with van der Waals surface area (Å²) in [6, 6.07) is 0.